The van der Waals surface area contributed by atoms with E-state index in [1.54, 1.807) is 0 Å². The van der Waals surface area contributed by atoms with Gasteiger partial charge in [-0.15, -0.1) is 0 Å². The molecule has 0 saturated carbocycles. The molecular formula is C10H8F3NO4. The number of nitrogens with zero attached hydrogens (tertiary/aromatic N) is 1. The summed E-state index contributed by atoms with van der Waals surface area (Å²) >= 11 is 0. The predicted octanol–water partition coefficient (Wildman–Crippen LogP) is 2.79. The average molecular weight is 263 g/mol. The Hall–Kier alpha value is -2.12. The number of hydrogen-bond donors (Lipinski definition) is 0. The highest BCUT2D eigenvalue weighted by Gasteiger charge is 2.34. The second kappa shape index (κ2) is 5.03. The van der Waals surface area contributed by atoms with Crippen LogP contribution >= 0.6 is 0 Å². The van der Waals surface area contributed by atoms with Crippen LogP contribution in [-0.2, 0) is 10.9 Å². The Balaban J connectivity index is 3.30. The fourth-order valence-corrected chi connectivity index (χ4v) is 1.24. The summed E-state index contributed by atoms with van der Waals surface area (Å²) in [4.78, 5) is 20.9. The maximum Gasteiger partial charge on any atom is 0.416 e. The van der Waals surface area contributed by atoms with E-state index in [0.717, 1.165) is 6.07 Å². The molecule has 1 aromatic carbocycles. The smallest absolute Gasteiger partial charge is 0.416 e. The zero-order chi connectivity index (χ0) is 13.9. The Kier molecular flexibility index (Phi) is 3.89. The van der Waals surface area contributed by atoms with Crippen molar-refractivity contribution in [3.8, 4) is 0 Å². The lowest BCUT2D eigenvalue weighted by Gasteiger charge is -2.08. The summed E-state index contributed by atoms with van der Waals surface area (Å²) in [6, 6.07) is 1.64. The SMILES string of the molecule is CCOC(=O)c1ccc(C(F)(F)F)cc1[N+](=O)[O-]. The molecule has 0 fully saturated rings. The Morgan fingerprint density at radius 2 is 2.06 bits per heavy atom. The molecule has 0 atom stereocenters. The first-order chi connectivity index (χ1) is 8.27. The van der Waals surface area contributed by atoms with Crippen LogP contribution in [0.2, 0.25) is 0 Å². The molecule has 1 rings (SSSR count). The minimum Gasteiger partial charge on any atom is -0.462 e. The molecule has 1 aromatic rings. The van der Waals surface area contributed by atoms with Crippen molar-refractivity contribution in [2.75, 3.05) is 6.61 Å². The number of nitro groups is 1. The third-order valence-electron chi connectivity index (χ3n) is 2.02. The highest BCUT2D eigenvalue weighted by atomic mass is 19.4. The predicted molar refractivity (Wildman–Crippen MR) is 54.1 cm³/mol. The van der Waals surface area contributed by atoms with Crippen molar-refractivity contribution < 1.29 is 27.6 Å². The molecule has 0 amide bonds. The van der Waals surface area contributed by atoms with Gasteiger partial charge in [-0.3, -0.25) is 10.1 Å². The summed E-state index contributed by atoms with van der Waals surface area (Å²) in [7, 11) is 0. The van der Waals surface area contributed by atoms with Crippen LogP contribution < -0.4 is 0 Å². The number of rotatable bonds is 3. The van der Waals surface area contributed by atoms with E-state index in [1.165, 1.54) is 6.92 Å². The fraction of sp³-hybridized carbons (Fsp3) is 0.300. The molecule has 5 nitrogen and oxygen atoms in total. The van der Waals surface area contributed by atoms with E-state index in [4.69, 9.17) is 0 Å². The first kappa shape index (κ1) is 13.9. The number of esters is 1. The van der Waals surface area contributed by atoms with E-state index in [2.05, 4.69) is 4.74 Å². The van der Waals surface area contributed by atoms with E-state index >= 15 is 0 Å². The van der Waals surface area contributed by atoms with Crippen molar-refractivity contribution in [3.63, 3.8) is 0 Å². The van der Waals surface area contributed by atoms with E-state index in [9.17, 15) is 28.1 Å². The number of ether oxygens (including phenoxy) is 1. The van der Waals surface area contributed by atoms with Gasteiger partial charge in [-0.2, -0.15) is 13.2 Å². The molecule has 8 heteroatoms. The van der Waals surface area contributed by atoms with Crippen LogP contribution in [0.3, 0.4) is 0 Å². The van der Waals surface area contributed by atoms with Gasteiger partial charge in [-0.25, -0.2) is 4.79 Å². The summed E-state index contributed by atoms with van der Waals surface area (Å²) in [5.41, 5.74) is -2.62. The molecule has 0 spiro atoms. The molecule has 0 N–H and O–H groups in total. The third-order valence-corrected chi connectivity index (χ3v) is 2.02. The van der Waals surface area contributed by atoms with Crippen molar-refractivity contribution in [2.45, 2.75) is 13.1 Å². The van der Waals surface area contributed by atoms with Crippen LogP contribution in [0.1, 0.15) is 22.8 Å². The van der Waals surface area contributed by atoms with Gasteiger partial charge in [0.25, 0.3) is 5.69 Å². The van der Waals surface area contributed by atoms with Crippen LogP contribution in [0.25, 0.3) is 0 Å². The summed E-state index contributed by atoms with van der Waals surface area (Å²) in [6.45, 7) is 1.45. The first-order valence-electron chi connectivity index (χ1n) is 4.80. The molecule has 0 heterocycles. The normalized spacial score (nSPS) is 11.1. The number of carbonyl (C=O) groups is 1. The van der Waals surface area contributed by atoms with Gasteiger partial charge in [0.05, 0.1) is 17.1 Å². The number of hydrogen-bond acceptors (Lipinski definition) is 4. The summed E-state index contributed by atoms with van der Waals surface area (Å²) in [5.74, 6) is -1.03. The van der Waals surface area contributed by atoms with Crippen LogP contribution in [0.15, 0.2) is 18.2 Å². The number of nitro benzene ring substituents is 1. The fourth-order valence-electron chi connectivity index (χ4n) is 1.24. The van der Waals surface area contributed by atoms with Crippen LogP contribution in [0.4, 0.5) is 18.9 Å². The summed E-state index contributed by atoms with van der Waals surface area (Å²) < 4.78 is 41.6. The van der Waals surface area contributed by atoms with Gasteiger partial charge in [-0.05, 0) is 19.1 Å². The van der Waals surface area contributed by atoms with Crippen molar-refractivity contribution in [2.24, 2.45) is 0 Å². The lowest BCUT2D eigenvalue weighted by atomic mass is 10.1. The van der Waals surface area contributed by atoms with Crippen molar-refractivity contribution in [3.05, 3.63) is 39.4 Å². The van der Waals surface area contributed by atoms with E-state index in [1.807, 2.05) is 0 Å². The van der Waals surface area contributed by atoms with Gasteiger partial charge in [0, 0.05) is 6.07 Å². The van der Waals surface area contributed by atoms with Gasteiger partial charge in [-0.1, -0.05) is 0 Å². The highest BCUT2D eigenvalue weighted by molar-refractivity contribution is 5.94. The Morgan fingerprint density at radius 1 is 1.44 bits per heavy atom. The Bertz CT molecular complexity index is 485. The number of benzene rings is 1. The monoisotopic (exact) mass is 263 g/mol. The largest absolute Gasteiger partial charge is 0.462 e. The van der Waals surface area contributed by atoms with Gasteiger partial charge in [0.15, 0.2) is 0 Å². The second-order valence-electron chi connectivity index (χ2n) is 3.21. The zero-order valence-corrected chi connectivity index (χ0v) is 9.15. The first-order valence-corrected chi connectivity index (χ1v) is 4.80. The Morgan fingerprint density at radius 3 is 2.50 bits per heavy atom. The topological polar surface area (TPSA) is 69.4 Å². The number of alkyl halides is 3. The van der Waals surface area contributed by atoms with Gasteiger partial charge in [0.2, 0.25) is 0 Å². The molecule has 0 bridgehead atoms. The molecular weight excluding hydrogens is 255 g/mol. The van der Waals surface area contributed by atoms with E-state index in [-0.39, 0.29) is 6.61 Å². The van der Waals surface area contributed by atoms with Crippen molar-refractivity contribution >= 4 is 11.7 Å². The zero-order valence-electron chi connectivity index (χ0n) is 9.15. The molecule has 0 radical (unpaired) electrons. The number of carbonyl (C=O) groups excluding carboxylic acids is 1. The lowest BCUT2D eigenvalue weighted by Crippen LogP contribution is -2.11. The Labute approximate surface area is 99.3 Å². The molecule has 0 aliphatic heterocycles. The molecule has 0 aliphatic rings. The standard InChI is InChI=1S/C10H8F3NO4/c1-2-18-9(15)7-4-3-6(10(11,12)13)5-8(7)14(16)17/h3-5H,2H2,1H3. The van der Waals surface area contributed by atoms with Crippen molar-refractivity contribution in [1.82, 2.24) is 0 Å². The summed E-state index contributed by atoms with van der Waals surface area (Å²) in [5, 5.41) is 10.6. The lowest BCUT2D eigenvalue weighted by molar-refractivity contribution is -0.385. The van der Waals surface area contributed by atoms with Gasteiger partial charge < -0.3 is 4.74 Å². The minimum atomic E-state index is -4.71. The molecule has 0 unspecified atom stereocenters. The molecule has 0 aliphatic carbocycles. The molecule has 0 saturated heterocycles. The van der Waals surface area contributed by atoms with E-state index in [0.29, 0.717) is 12.1 Å². The maximum absolute atomic E-state index is 12.4. The summed E-state index contributed by atoms with van der Waals surface area (Å²) in [6.07, 6.45) is -4.71. The quantitative estimate of drug-likeness (QED) is 0.477. The average Bonchev–Trinajstić information content (AvgIpc) is 2.27. The molecule has 0 aromatic heterocycles. The van der Waals surface area contributed by atoms with Gasteiger partial charge >= 0.3 is 12.1 Å². The molecule has 98 valence electrons. The molecule has 18 heavy (non-hydrogen) atoms. The second-order valence-corrected chi connectivity index (χ2v) is 3.21. The van der Waals surface area contributed by atoms with Crippen LogP contribution in [0, 0.1) is 10.1 Å². The highest BCUT2D eigenvalue weighted by Crippen LogP contribution is 2.33. The van der Waals surface area contributed by atoms with Crippen LogP contribution in [-0.4, -0.2) is 17.5 Å². The number of halogens is 3. The third kappa shape index (κ3) is 2.96. The van der Waals surface area contributed by atoms with Crippen molar-refractivity contribution in [1.29, 1.82) is 0 Å². The van der Waals surface area contributed by atoms with Crippen LogP contribution in [0.5, 0.6) is 0 Å². The minimum absolute atomic E-state index is 0.0307. The van der Waals surface area contributed by atoms with E-state index < -0.39 is 33.9 Å². The maximum atomic E-state index is 12.4. The van der Waals surface area contributed by atoms with Gasteiger partial charge in [0.1, 0.15) is 5.56 Å².